The lowest BCUT2D eigenvalue weighted by Crippen LogP contribution is -2.12. The van der Waals surface area contributed by atoms with Crippen LogP contribution >= 0.6 is 11.6 Å². The summed E-state index contributed by atoms with van der Waals surface area (Å²) in [4.78, 5) is 0. The van der Waals surface area contributed by atoms with Crippen LogP contribution in [0.15, 0.2) is 42.5 Å². The van der Waals surface area contributed by atoms with Gasteiger partial charge in [-0.25, -0.2) is 0 Å². The zero-order valence-electron chi connectivity index (χ0n) is 11.9. The van der Waals surface area contributed by atoms with Crippen molar-refractivity contribution in [3.8, 4) is 5.75 Å². The van der Waals surface area contributed by atoms with E-state index in [1.165, 1.54) is 11.1 Å². The maximum absolute atomic E-state index is 6.28. The summed E-state index contributed by atoms with van der Waals surface area (Å²) in [5.74, 6) is 0.797. The molecular weight excluding hydrogens is 270 g/mol. The second-order valence-electron chi connectivity index (χ2n) is 5.02. The first kappa shape index (κ1) is 14.9. The molecule has 20 heavy (non-hydrogen) atoms. The van der Waals surface area contributed by atoms with Crippen LogP contribution in [0, 0.1) is 6.92 Å². The van der Waals surface area contributed by atoms with Gasteiger partial charge in [-0.15, -0.1) is 0 Å². The Balaban J connectivity index is 2.06. The average molecular weight is 290 g/mol. The van der Waals surface area contributed by atoms with Crippen molar-refractivity contribution >= 4 is 11.6 Å². The van der Waals surface area contributed by atoms with E-state index < -0.39 is 0 Å². The van der Waals surface area contributed by atoms with Gasteiger partial charge in [0.25, 0.3) is 0 Å². The molecule has 2 aromatic carbocycles. The minimum atomic E-state index is -0.0787. The van der Waals surface area contributed by atoms with Gasteiger partial charge in [0, 0.05) is 16.6 Å². The monoisotopic (exact) mass is 289 g/mol. The summed E-state index contributed by atoms with van der Waals surface area (Å²) in [7, 11) is 1.65. The molecule has 0 bridgehead atoms. The van der Waals surface area contributed by atoms with Crippen molar-refractivity contribution in [2.24, 2.45) is 5.73 Å². The lowest BCUT2D eigenvalue weighted by Gasteiger charge is -2.16. The van der Waals surface area contributed by atoms with Crippen molar-refractivity contribution in [1.82, 2.24) is 0 Å². The highest BCUT2D eigenvalue weighted by Gasteiger charge is 2.12. The zero-order chi connectivity index (χ0) is 14.5. The minimum Gasteiger partial charge on any atom is -0.496 e. The highest BCUT2D eigenvalue weighted by atomic mass is 35.5. The third kappa shape index (κ3) is 3.75. The average Bonchev–Trinajstić information content (AvgIpc) is 2.46. The second kappa shape index (κ2) is 6.78. The maximum Gasteiger partial charge on any atom is 0.123 e. The number of aryl methyl sites for hydroxylation is 2. The molecule has 0 spiro atoms. The molecule has 106 valence electrons. The van der Waals surface area contributed by atoms with E-state index in [0.29, 0.717) is 5.02 Å². The van der Waals surface area contributed by atoms with Crippen LogP contribution in [0.2, 0.25) is 5.02 Å². The second-order valence-corrected chi connectivity index (χ2v) is 5.45. The Bertz CT molecular complexity index is 566. The summed E-state index contributed by atoms with van der Waals surface area (Å²) in [5.41, 5.74) is 9.82. The molecule has 3 heteroatoms. The van der Waals surface area contributed by atoms with E-state index in [-0.39, 0.29) is 6.04 Å². The predicted molar refractivity (Wildman–Crippen MR) is 84.4 cm³/mol. The molecule has 0 amide bonds. The molecule has 0 aromatic heterocycles. The van der Waals surface area contributed by atoms with E-state index in [1.807, 2.05) is 18.2 Å². The Morgan fingerprint density at radius 2 is 1.85 bits per heavy atom. The summed E-state index contributed by atoms with van der Waals surface area (Å²) in [6.45, 7) is 2.09. The summed E-state index contributed by atoms with van der Waals surface area (Å²) >= 11 is 6.04. The normalized spacial score (nSPS) is 12.2. The van der Waals surface area contributed by atoms with Crippen LogP contribution in [0.4, 0.5) is 0 Å². The highest BCUT2D eigenvalue weighted by molar-refractivity contribution is 6.30. The summed E-state index contributed by atoms with van der Waals surface area (Å²) in [6, 6.07) is 14.0. The lowest BCUT2D eigenvalue weighted by molar-refractivity contribution is 0.404. The summed E-state index contributed by atoms with van der Waals surface area (Å²) < 4.78 is 5.35. The first-order valence-corrected chi connectivity index (χ1v) is 7.12. The maximum atomic E-state index is 6.28. The molecule has 0 aliphatic carbocycles. The molecule has 2 nitrogen and oxygen atoms in total. The van der Waals surface area contributed by atoms with Gasteiger partial charge in [0.05, 0.1) is 7.11 Å². The van der Waals surface area contributed by atoms with Gasteiger partial charge in [0.15, 0.2) is 0 Å². The smallest absolute Gasteiger partial charge is 0.123 e. The van der Waals surface area contributed by atoms with Crippen molar-refractivity contribution in [3.05, 3.63) is 64.2 Å². The summed E-state index contributed by atoms with van der Waals surface area (Å²) in [5, 5.41) is 0.687. The molecule has 0 saturated heterocycles. The first-order valence-electron chi connectivity index (χ1n) is 6.74. The number of halogens is 1. The van der Waals surface area contributed by atoms with E-state index in [0.717, 1.165) is 24.2 Å². The van der Waals surface area contributed by atoms with Crippen molar-refractivity contribution in [2.45, 2.75) is 25.8 Å². The van der Waals surface area contributed by atoms with Gasteiger partial charge in [-0.05, 0) is 43.5 Å². The fraction of sp³-hybridized carbons (Fsp3) is 0.294. The molecule has 1 atom stereocenters. The van der Waals surface area contributed by atoms with Gasteiger partial charge in [-0.1, -0.05) is 41.4 Å². The van der Waals surface area contributed by atoms with Gasteiger partial charge in [0.2, 0.25) is 0 Å². The molecule has 0 fully saturated rings. The van der Waals surface area contributed by atoms with Crippen LogP contribution in [0.25, 0.3) is 0 Å². The zero-order valence-corrected chi connectivity index (χ0v) is 12.7. The molecule has 2 rings (SSSR count). The van der Waals surface area contributed by atoms with E-state index in [1.54, 1.807) is 7.11 Å². The lowest BCUT2D eigenvalue weighted by atomic mass is 9.98. The third-order valence-corrected chi connectivity index (χ3v) is 3.69. The Labute approximate surface area is 125 Å². The van der Waals surface area contributed by atoms with Crippen LogP contribution in [-0.4, -0.2) is 7.11 Å². The number of ether oxygens (including phenoxy) is 1. The Morgan fingerprint density at radius 1 is 1.15 bits per heavy atom. The molecule has 2 N–H and O–H groups in total. The minimum absolute atomic E-state index is 0.0787. The molecule has 0 radical (unpaired) electrons. The largest absolute Gasteiger partial charge is 0.496 e. The van der Waals surface area contributed by atoms with Crippen molar-refractivity contribution in [2.75, 3.05) is 7.11 Å². The number of rotatable bonds is 5. The predicted octanol–water partition coefficient (Wildman–Crippen LogP) is 4.29. The fourth-order valence-corrected chi connectivity index (χ4v) is 2.41. The van der Waals surface area contributed by atoms with E-state index in [9.17, 15) is 0 Å². The number of nitrogens with two attached hydrogens (primary N) is 1. The molecule has 0 heterocycles. The van der Waals surface area contributed by atoms with E-state index in [4.69, 9.17) is 22.1 Å². The molecule has 2 aromatic rings. The van der Waals surface area contributed by atoms with Crippen molar-refractivity contribution in [3.63, 3.8) is 0 Å². The first-order chi connectivity index (χ1) is 9.60. The number of hydrogen-bond acceptors (Lipinski definition) is 2. The SMILES string of the molecule is COc1ccc(Cl)cc1C(N)CCc1ccc(C)cc1. The van der Waals surface area contributed by atoms with Crippen LogP contribution < -0.4 is 10.5 Å². The van der Waals surface area contributed by atoms with Crippen molar-refractivity contribution < 1.29 is 4.74 Å². The molecular formula is C17H20ClNO. The van der Waals surface area contributed by atoms with Crippen LogP contribution in [0.1, 0.15) is 29.2 Å². The topological polar surface area (TPSA) is 35.2 Å². The Morgan fingerprint density at radius 3 is 2.50 bits per heavy atom. The molecule has 0 aliphatic rings. The van der Waals surface area contributed by atoms with E-state index in [2.05, 4.69) is 31.2 Å². The number of benzene rings is 2. The van der Waals surface area contributed by atoms with Crippen LogP contribution in [0.5, 0.6) is 5.75 Å². The van der Waals surface area contributed by atoms with Crippen LogP contribution in [-0.2, 0) is 6.42 Å². The van der Waals surface area contributed by atoms with Crippen molar-refractivity contribution in [1.29, 1.82) is 0 Å². The van der Waals surface area contributed by atoms with Gasteiger partial charge in [0.1, 0.15) is 5.75 Å². The molecule has 1 unspecified atom stereocenters. The number of methoxy groups -OCH3 is 1. The Kier molecular flexibility index (Phi) is 5.05. The van der Waals surface area contributed by atoms with Gasteiger partial charge in [-0.3, -0.25) is 0 Å². The van der Waals surface area contributed by atoms with Gasteiger partial charge < -0.3 is 10.5 Å². The van der Waals surface area contributed by atoms with Crippen LogP contribution in [0.3, 0.4) is 0 Å². The standard InChI is InChI=1S/C17H20ClNO/c1-12-3-5-13(6-4-12)7-9-16(19)15-11-14(18)8-10-17(15)20-2/h3-6,8,10-11,16H,7,9,19H2,1-2H3. The van der Waals surface area contributed by atoms with Gasteiger partial charge >= 0.3 is 0 Å². The Hall–Kier alpha value is -1.51. The molecule has 0 saturated carbocycles. The highest BCUT2D eigenvalue weighted by Crippen LogP contribution is 2.29. The van der Waals surface area contributed by atoms with E-state index >= 15 is 0 Å². The summed E-state index contributed by atoms with van der Waals surface area (Å²) in [6.07, 6.45) is 1.80. The quantitative estimate of drug-likeness (QED) is 0.891. The fourth-order valence-electron chi connectivity index (χ4n) is 2.23. The molecule has 0 aliphatic heterocycles. The number of hydrogen-bond donors (Lipinski definition) is 1. The van der Waals surface area contributed by atoms with Gasteiger partial charge in [-0.2, -0.15) is 0 Å². The third-order valence-electron chi connectivity index (χ3n) is 3.46.